The second-order valence-corrected chi connectivity index (χ2v) is 6.14. The van der Waals surface area contributed by atoms with Crippen LogP contribution in [0.15, 0.2) is 42.5 Å². The molecule has 9 heteroatoms. The van der Waals surface area contributed by atoms with Crippen molar-refractivity contribution >= 4 is 17.5 Å². The predicted octanol–water partition coefficient (Wildman–Crippen LogP) is 2.62. The van der Waals surface area contributed by atoms with E-state index < -0.39 is 35.8 Å². The number of benzene rings is 2. The van der Waals surface area contributed by atoms with E-state index in [9.17, 15) is 22.8 Å². The third kappa shape index (κ3) is 3.05. The highest BCUT2D eigenvalue weighted by Crippen LogP contribution is 2.47. The van der Waals surface area contributed by atoms with Crippen molar-refractivity contribution in [3.05, 3.63) is 53.8 Å². The van der Waals surface area contributed by atoms with Gasteiger partial charge >= 0.3 is 6.29 Å². The van der Waals surface area contributed by atoms with Gasteiger partial charge in [-0.15, -0.1) is 8.78 Å². The number of para-hydroxylation sites is 2. The van der Waals surface area contributed by atoms with E-state index in [2.05, 4.69) is 20.1 Å². The van der Waals surface area contributed by atoms with Gasteiger partial charge in [-0.3, -0.25) is 9.59 Å². The summed E-state index contributed by atoms with van der Waals surface area (Å²) in [4.78, 5) is 24.8. The van der Waals surface area contributed by atoms with Crippen molar-refractivity contribution in [3.63, 3.8) is 0 Å². The van der Waals surface area contributed by atoms with Crippen molar-refractivity contribution in [2.24, 2.45) is 5.92 Å². The molecular formula is C18H13F3N2O4. The van der Waals surface area contributed by atoms with Gasteiger partial charge < -0.3 is 20.1 Å². The molecule has 0 unspecified atom stereocenters. The molecule has 0 aromatic heterocycles. The van der Waals surface area contributed by atoms with Gasteiger partial charge in [0.05, 0.1) is 5.69 Å². The summed E-state index contributed by atoms with van der Waals surface area (Å²) in [5, 5.41) is 4.91. The number of alkyl halides is 2. The summed E-state index contributed by atoms with van der Waals surface area (Å²) in [6.45, 7) is 0.0412. The van der Waals surface area contributed by atoms with Crippen molar-refractivity contribution in [1.82, 2.24) is 5.32 Å². The smallest absolute Gasteiger partial charge is 0.395 e. The van der Waals surface area contributed by atoms with Crippen LogP contribution in [-0.4, -0.2) is 24.7 Å². The largest absolute Gasteiger partial charge is 0.586 e. The van der Waals surface area contributed by atoms with E-state index in [1.807, 2.05) is 0 Å². The van der Waals surface area contributed by atoms with E-state index in [0.29, 0.717) is 0 Å². The Morgan fingerprint density at radius 1 is 1.15 bits per heavy atom. The number of hydrogen-bond donors (Lipinski definition) is 2. The highest BCUT2D eigenvalue weighted by molar-refractivity contribution is 6.08. The van der Waals surface area contributed by atoms with Crippen LogP contribution in [0.2, 0.25) is 0 Å². The van der Waals surface area contributed by atoms with Gasteiger partial charge in [0, 0.05) is 18.0 Å². The summed E-state index contributed by atoms with van der Waals surface area (Å²) >= 11 is 0. The standard InChI is InChI=1S/C18H13F3N2O4/c19-11-5-1-2-6-12(11)23-17(25)14-10(8-22-16(14)24)9-4-3-7-13-15(9)27-18(20,21)26-13/h1-7,10,14H,8H2,(H,22,24)(H,23,25)/t10-,14-/m1/s1. The first-order valence-electron chi connectivity index (χ1n) is 8.07. The van der Waals surface area contributed by atoms with Crippen molar-refractivity contribution in [2.45, 2.75) is 12.2 Å². The molecular weight excluding hydrogens is 365 g/mol. The van der Waals surface area contributed by atoms with E-state index in [1.165, 1.54) is 42.5 Å². The maximum atomic E-state index is 13.8. The Morgan fingerprint density at radius 2 is 1.93 bits per heavy atom. The second kappa shape index (κ2) is 6.19. The molecule has 0 spiro atoms. The Balaban J connectivity index is 1.65. The first-order chi connectivity index (χ1) is 12.9. The zero-order chi connectivity index (χ0) is 19.2. The minimum absolute atomic E-state index is 0.0412. The fraction of sp³-hybridized carbons (Fsp3) is 0.222. The molecule has 2 N–H and O–H groups in total. The molecule has 1 fully saturated rings. The summed E-state index contributed by atoms with van der Waals surface area (Å²) in [5.41, 5.74) is 0.155. The summed E-state index contributed by atoms with van der Waals surface area (Å²) in [6, 6.07) is 9.76. The van der Waals surface area contributed by atoms with Gasteiger partial charge in [-0.1, -0.05) is 24.3 Å². The summed E-state index contributed by atoms with van der Waals surface area (Å²) < 4.78 is 49.6. The zero-order valence-corrected chi connectivity index (χ0v) is 13.7. The van der Waals surface area contributed by atoms with Crippen LogP contribution in [0.3, 0.4) is 0 Å². The van der Waals surface area contributed by atoms with Gasteiger partial charge in [0.2, 0.25) is 11.8 Å². The first kappa shape index (κ1) is 17.2. The van der Waals surface area contributed by atoms with Gasteiger partial charge in [0.1, 0.15) is 11.7 Å². The molecule has 2 amide bonds. The number of fused-ring (bicyclic) bond motifs is 1. The molecule has 2 aliphatic heterocycles. The number of carbonyl (C=O) groups excluding carboxylic acids is 2. The number of hydrogen-bond acceptors (Lipinski definition) is 4. The predicted molar refractivity (Wildman–Crippen MR) is 86.9 cm³/mol. The van der Waals surface area contributed by atoms with Gasteiger partial charge in [-0.25, -0.2) is 4.39 Å². The number of anilines is 1. The number of amides is 2. The Bertz CT molecular complexity index is 935. The molecule has 4 rings (SSSR count). The molecule has 1 saturated heterocycles. The van der Waals surface area contributed by atoms with Gasteiger partial charge in [-0.2, -0.15) is 0 Å². The van der Waals surface area contributed by atoms with Crippen LogP contribution in [-0.2, 0) is 9.59 Å². The van der Waals surface area contributed by atoms with E-state index in [4.69, 9.17) is 0 Å². The van der Waals surface area contributed by atoms with Crippen LogP contribution in [0, 0.1) is 11.7 Å². The Kier molecular flexibility index (Phi) is 3.94. The molecule has 0 bridgehead atoms. The number of carbonyl (C=O) groups is 2. The lowest BCUT2D eigenvalue weighted by Crippen LogP contribution is -2.32. The van der Waals surface area contributed by atoms with Gasteiger partial charge in [-0.05, 0) is 18.2 Å². The minimum atomic E-state index is -3.82. The third-order valence-corrected chi connectivity index (χ3v) is 4.45. The molecule has 2 heterocycles. The molecule has 2 atom stereocenters. The lowest BCUT2D eigenvalue weighted by Gasteiger charge is -2.18. The van der Waals surface area contributed by atoms with Crippen LogP contribution in [0.4, 0.5) is 18.9 Å². The maximum Gasteiger partial charge on any atom is 0.586 e. The maximum absolute atomic E-state index is 13.8. The monoisotopic (exact) mass is 378 g/mol. The average Bonchev–Trinajstić information content (AvgIpc) is 3.14. The number of rotatable bonds is 3. The summed E-state index contributed by atoms with van der Waals surface area (Å²) in [6.07, 6.45) is -3.82. The fourth-order valence-electron chi connectivity index (χ4n) is 3.27. The van der Waals surface area contributed by atoms with Crippen LogP contribution >= 0.6 is 0 Å². The van der Waals surface area contributed by atoms with Crippen LogP contribution in [0.1, 0.15) is 11.5 Å². The first-order valence-corrected chi connectivity index (χ1v) is 8.07. The average molecular weight is 378 g/mol. The van der Waals surface area contributed by atoms with E-state index in [1.54, 1.807) is 0 Å². The summed E-state index contributed by atoms with van der Waals surface area (Å²) in [7, 11) is 0. The summed E-state index contributed by atoms with van der Waals surface area (Å²) in [5.74, 6) is -4.40. The Hall–Kier alpha value is -3.23. The highest BCUT2D eigenvalue weighted by atomic mass is 19.3. The topological polar surface area (TPSA) is 76.7 Å². The van der Waals surface area contributed by atoms with E-state index in [-0.39, 0.29) is 29.3 Å². The quantitative estimate of drug-likeness (QED) is 0.805. The van der Waals surface area contributed by atoms with Crippen LogP contribution < -0.4 is 20.1 Å². The van der Waals surface area contributed by atoms with Crippen molar-refractivity contribution < 1.29 is 32.2 Å². The number of halogens is 3. The van der Waals surface area contributed by atoms with Crippen LogP contribution in [0.5, 0.6) is 11.5 Å². The molecule has 2 aromatic carbocycles. The number of nitrogens with one attached hydrogen (secondary N) is 2. The molecule has 140 valence electrons. The minimum Gasteiger partial charge on any atom is -0.395 e. The fourth-order valence-corrected chi connectivity index (χ4v) is 3.27. The molecule has 0 saturated carbocycles. The molecule has 2 aliphatic rings. The normalized spacial score (nSPS) is 22.4. The lowest BCUT2D eigenvalue weighted by atomic mass is 9.87. The second-order valence-electron chi connectivity index (χ2n) is 6.14. The molecule has 0 aliphatic carbocycles. The van der Waals surface area contributed by atoms with Crippen molar-refractivity contribution in [3.8, 4) is 11.5 Å². The molecule has 27 heavy (non-hydrogen) atoms. The van der Waals surface area contributed by atoms with Gasteiger partial charge in [0.25, 0.3) is 0 Å². The molecule has 6 nitrogen and oxygen atoms in total. The van der Waals surface area contributed by atoms with Crippen LogP contribution in [0.25, 0.3) is 0 Å². The van der Waals surface area contributed by atoms with Crippen molar-refractivity contribution in [2.75, 3.05) is 11.9 Å². The molecule has 2 aromatic rings. The van der Waals surface area contributed by atoms with E-state index >= 15 is 0 Å². The third-order valence-electron chi connectivity index (χ3n) is 4.45. The van der Waals surface area contributed by atoms with Gasteiger partial charge in [0.15, 0.2) is 11.5 Å². The highest BCUT2D eigenvalue weighted by Gasteiger charge is 2.48. The number of ether oxygens (including phenoxy) is 2. The lowest BCUT2D eigenvalue weighted by molar-refractivity contribution is -0.287. The Labute approximate surface area is 151 Å². The molecule has 0 radical (unpaired) electrons. The van der Waals surface area contributed by atoms with Crippen molar-refractivity contribution in [1.29, 1.82) is 0 Å². The zero-order valence-electron chi connectivity index (χ0n) is 13.7. The van der Waals surface area contributed by atoms with E-state index in [0.717, 1.165) is 0 Å². The Morgan fingerprint density at radius 3 is 2.70 bits per heavy atom. The SMILES string of the molecule is O=C1NC[C@H](c2cccc3c2OC(F)(F)O3)[C@H]1C(=O)Nc1ccccc1F.